The summed E-state index contributed by atoms with van der Waals surface area (Å²) in [5.74, 6) is 0.100. The average molecular weight is 584 g/mol. The van der Waals surface area contributed by atoms with Crippen LogP contribution < -0.4 is 5.43 Å². The number of amidine groups is 1. The Kier molecular flexibility index (Phi) is 7.73. The maximum atomic E-state index is 14.2. The van der Waals surface area contributed by atoms with Gasteiger partial charge in [-0.2, -0.15) is 0 Å². The molecular formula is C35H35F2N3O3. The molecule has 1 aromatic heterocycles. The molecule has 0 spiro atoms. The summed E-state index contributed by atoms with van der Waals surface area (Å²) >= 11 is 0. The van der Waals surface area contributed by atoms with E-state index < -0.39 is 17.2 Å². The Morgan fingerprint density at radius 1 is 0.930 bits per heavy atom. The normalized spacial score (nSPS) is 17.7. The molecule has 0 radical (unpaired) electrons. The van der Waals surface area contributed by atoms with E-state index in [1.54, 1.807) is 35.4 Å². The zero-order valence-electron chi connectivity index (χ0n) is 24.6. The maximum Gasteiger partial charge on any atom is 0.265 e. The highest BCUT2D eigenvalue weighted by Gasteiger charge is 2.50. The van der Waals surface area contributed by atoms with E-state index in [0.29, 0.717) is 52.5 Å². The quantitative estimate of drug-likeness (QED) is 0.246. The molecule has 8 heteroatoms. The smallest absolute Gasteiger partial charge is 0.265 e. The van der Waals surface area contributed by atoms with Gasteiger partial charge in [-0.05, 0) is 97.8 Å². The summed E-state index contributed by atoms with van der Waals surface area (Å²) in [7, 11) is 0. The highest BCUT2D eigenvalue weighted by atomic mass is 19.1. The first-order valence-electron chi connectivity index (χ1n) is 14.8. The number of likely N-dealkylation sites (tertiary alicyclic amines) is 1. The lowest BCUT2D eigenvalue weighted by Gasteiger charge is -2.34. The third-order valence-corrected chi connectivity index (χ3v) is 8.88. The number of carbonyl (C=O) groups is 1. The van der Waals surface area contributed by atoms with Gasteiger partial charge in [0.2, 0.25) is 0 Å². The molecule has 1 saturated heterocycles. The van der Waals surface area contributed by atoms with Crippen molar-refractivity contribution >= 4 is 22.7 Å². The van der Waals surface area contributed by atoms with E-state index in [1.165, 1.54) is 24.3 Å². The Morgan fingerprint density at radius 3 is 2.12 bits per heavy atom. The molecule has 0 saturated carbocycles. The molecule has 1 fully saturated rings. The summed E-state index contributed by atoms with van der Waals surface area (Å²) in [6.07, 6.45) is 3.29. The summed E-state index contributed by atoms with van der Waals surface area (Å²) in [6, 6.07) is 17.4. The van der Waals surface area contributed by atoms with Crippen LogP contribution in [0.2, 0.25) is 0 Å². The van der Waals surface area contributed by atoms with E-state index in [4.69, 9.17) is 9.41 Å². The third-order valence-electron chi connectivity index (χ3n) is 8.88. The predicted molar refractivity (Wildman–Crippen MR) is 163 cm³/mol. The van der Waals surface area contributed by atoms with Crippen molar-refractivity contribution in [2.24, 2.45) is 10.9 Å². The fraction of sp³-hybridized carbons (Fsp3) is 0.343. The first kappa shape index (κ1) is 28.9. The molecule has 0 N–H and O–H groups in total. The van der Waals surface area contributed by atoms with Gasteiger partial charge in [0.25, 0.3) is 5.91 Å². The van der Waals surface area contributed by atoms with Crippen LogP contribution in [0, 0.1) is 17.6 Å². The average Bonchev–Trinajstić information content (AvgIpc) is 3.25. The van der Waals surface area contributed by atoms with Gasteiger partial charge in [-0.1, -0.05) is 44.2 Å². The SMILES string of the molecule is CC1=NC(c2ccc(F)cc2)(c2ccc(F)cc2)C(=O)N1CC1CCN(Cc2coc3ccc(C(C)C)cc3c2=O)CC1. The van der Waals surface area contributed by atoms with Crippen molar-refractivity contribution in [1.82, 2.24) is 9.80 Å². The van der Waals surface area contributed by atoms with Gasteiger partial charge in [-0.15, -0.1) is 0 Å². The molecule has 0 atom stereocenters. The standard InChI is InChI=1S/C35H35F2N3O3/c1-22(2)25-4-13-32-31(18-25)33(41)26(21-43-32)20-39-16-14-24(15-17-39)19-40-23(3)38-35(34(40)42,27-5-9-29(36)10-6-27)28-7-11-30(37)12-8-28/h4-13,18,21-22,24H,14-17,19-20H2,1-3H3. The fourth-order valence-electron chi connectivity index (χ4n) is 6.32. The lowest BCUT2D eigenvalue weighted by atomic mass is 9.82. The van der Waals surface area contributed by atoms with Gasteiger partial charge in [0, 0.05) is 18.7 Å². The predicted octanol–water partition coefficient (Wildman–Crippen LogP) is 6.61. The van der Waals surface area contributed by atoms with Crippen molar-refractivity contribution in [3.63, 3.8) is 0 Å². The second-order valence-corrected chi connectivity index (χ2v) is 12.0. The zero-order chi connectivity index (χ0) is 30.3. The Bertz CT molecular complexity index is 1690. The number of piperidine rings is 1. The summed E-state index contributed by atoms with van der Waals surface area (Å²) < 4.78 is 33.4. The van der Waals surface area contributed by atoms with Gasteiger partial charge in [0.05, 0.1) is 11.6 Å². The van der Waals surface area contributed by atoms with Crippen LogP contribution in [0.25, 0.3) is 11.0 Å². The van der Waals surface area contributed by atoms with Gasteiger partial charge in [0.15, 0.2) is 11.0 Å². The molecule has 4 aromatic rings. The van der Waals surface area contributed by atoms with Crippen LogP contribution >= 0.6 is 0 Å². The van der Waals surface area contributed by atoms with E-state index in [9.17, 15) is 18.4 Å². The molecule has 0 unspecified atom stereocenters. The lowest BCUT2D eigenvalue weighted by molar-refractivity contribution is -0.130. The molecule has 222 valence electrons. The first-order valence-corrected chi connectivity index (χ1v) is 14.8. The Hall–Kier alpha value is -4.17. The first-order chi connectivity index (χ1) is 20.7. The van der Waals surface area contributed by atoms with E-state index in [0.717, 1.165) is 31.5 Å². The maximum absolute atomic E-state index is 14.2. The minimum atomic E-state index is -1.40. The molecule has 0 aliphatic carbocycles. The number of benzene rings is 3. The number of fused-ring (bicyclic) bond motifs is 1. The Labute approximate surface area is 249 Å². The lowest BCUT2D eigenvalue weighted by Crippen LogP contribution is -2.45. The fourth-order valence-corrected chi connectivity index (χ4v) is 6.32. The van der Waals surface area contributed by atoms with Crippen LogP contribution in [0.1, 0.15) is 61.8 Å². The molecule has 6 rings (SSSR count). The van der Waals surface area contributed by atoms with E-state index in [1.807, 2.05) is 25.1 Å². The van der Waals surface area contributed by atoms with Gasteiger partial charge in [-0.3, -0.25) is 19.4 Å². The van der Waals surface area contributed by atoms with Gasteiger partial charge >= 0.3 is 0 Å². The van der Waals surface area contributed by atoms with Crippen LogP contribution in [-0.2, 0) is 16.9 Å². The molecule has 3 aromatic carbocycles. The van der Waals surface area contributed by atoms with Gasteiger partial charge in [-0.25, -0.2) is 13.8 Å². The highest BCUT2D eigenvalue weighted by molar-refractivity contribution is 6.09. The van der Waals surface area contributed by atoms with Crippen molar-refractivity contribution in [3.8, 4) is 0 Å². The summed E-state index contributed by atoms with van der Waals surface area (Å²) in [5, 5.41) is 0.617. The number of halogens is 2. The third kappa shape index (κ3) is 5.40. The second-order valence-electron chi connectivity index (χ2n) is 12.0. The van der Waals surface area contributed by atoms with Gasteiger partial charge < -0.3 is 4.42 Å². The summed E-state index contributed by atoms with van der Waals surface area (Å²) in [6.45, 7) is 8.60. The number of aliphatic imine (C=N–C) groups is 1. The van der Waals surface area contributed by atoms with Crippen LogP contribution in [0.5, 0.6) is 0 Å². The minimum Gasteiger partial charge on any atom is -0.464 e. The number of nitrogens with zero attached hydrogens (tertiary/aromatic N) is 3. The molecule has 0 bridgehead atoms. The molecule has 43 heavy (non-hydrogen) atoms. The van der Waals surface area contributed by atoms with Crippen LogP contribution in [-0.4, -0.2) is 41.2 Å². The number of rotatable bonds is 7. The number of hydrogen-bond donors (Lipinski definition) is 0. The van der Waals surface area contributed by atoms with E-state index in [2.05, 4.69) is 18.7 Å². The van der Waals surface area contributed by atoms with Crippen LogP contribution in [0.4, 0.5) is 8.78 Å². The monoisotopic (exact) mass is 583 g/mol. The molecule has 2 aliphatic heterocycles. The van der Waals surface area contributed by atoms with Crippen molar-refractivity contribution < 1.29 is 18.0 Å². The van der Waals surface area contributed by atoms with Crippen LogP contribution in [0.15, 0.2) is 87.2 Å². The van der Waals surface area contributed by atoms with Crippen molar-refractivity contribution in [3.05, 3.63) is 117 Å². The molecular weight excluding hydrogens is 548 g/mol. The van der Waals surface area contributed by atoms with Crippen molar-refractivity contribution in [1.29, 1.82) is 0 Å². The highest BCUT2D eigenvalue weighted by Crippen LogP contribution is 2.41. The molecule has 3 heterocycles. The summed E-state index contributed by atoms with van der Waals surface area (Å²) in [5.41, 5.74) is 2.05. The van der Waals surface area contributed by atoms with E-state index in [-0.39, 0.29) is 17.3 Å². The number of amides is 1. The van der Waals surface area contributed by atoms with E-state index >= 15 is 0 Å². The minimum absolute atomic E-state index is 0.0123. The summed E-state index contributed by atoms with van der Waals surface area (Å²) in [4.78, 5) is 36.3. The zero-order valence-corrected chi connectivity index (χ0v) is 24.6. The van der Waals surface area contributed by atoms with Crippen molar-refractivity contribution in [2.75, 3.05) is 19.6 Å². The molecule has 1 amide bonds. The van der Waals surface area contributed by atoms with Crippen LogP contribution in [0.3, 0.4) is 0 Å². The topological polar surface area (TPSA) is 66.1 Å². The molecule has 2 aliphatic rings. The van der Waals surface area contributed by atoms with Gasteiger partial charge in [0.1, 0.15) is 23.1 Å². The largest absolute Gasteiger partial charge is 0.464 e. The number of carbonyl (C=O) groups excluding carboxylic acids is 1. The second kappa shape index (κ2) is 11.5. The molecule has 6 nitrogen and oxygen atoms in total. The Balaban J connectivity index is 1.16. The Morgan fingerprint density at radius 2 is 1.53 bits per heavy atom. The number of hydrogen-bond acceptors (Lipinski definition) is 5. The van der Waals surface area contributed by atoms with Crippen molar-refractivity contribution in [2.45, 2.75) is 51.6 Å².